The maximum Gasteiger partial charge on any atom is 0.0994 e. The Balaban J connectivity index is 1.96. The summed E-state index contributed by atoms with van der Waals surface area (Å²) in [7, 11) is 0. The number of aryl methyl sites for hydroxylation is 1. The number of nitrogens with two attached hydrogens (primary N) is 1. The molecule has 0 radical (unpaired) electrons. The fourth-order valence-electron chi connectivity index (χ4n) is 2.18. The molecule has 1 aliphatic carbocycles. The first-order valence-electron chi connectivity index (χ1n) is 5.96. The van der Waals surface area contributed by atoms with Crippen LogP contribution in [0.15, 0.2) is 0 Å². The zero-order valence-corrected chi connectivity index (χ0v) is 9.45. The Bertz CT molecular complexity index is 314. The van der Waals surface area contributed by atoms with Crippen LogP contribution in [-0.4, -0.2) is 15.0 Å². The minimum atomic E-state index is 0.507. The van der Waals surface area contributed by atoms with E-state index < -0.39 is 0 Å². The van der Waals surface area contributed by atoms with Crippen LogP contribution in [0.25, 0.3) is 0 Å². The molecule has 0 unspecified atom stereocenters. The van der Waals surface area contributed by atoms with Crippen LogP contribution in [0.1, 0.15) is 44.0 Å². The fourth-order valence-corrected chi connectivity index (χ4v) is 2.18. The van der Waals surface area contributed by atoms with Crippen LogP contribution in [0.4, 0.5) is 0 Å². The van der Waals surface area contributed by atoms with E-state index in [1.807, 2.05) is 4.68 Å². The van der Waals surface area contributed by atoms with E-state index in [1.54, 1.807) is 0 Å². The molecule has 4 nitrogen and oxygen atoms in total. The summed E-state index contributed by atoms with van der Waals surface area (Å²) in [5.41, 5.74) is 7.80. The molecule has 15 heavy (non-hydrogen) atoms. The van der Waals surface area contributed by atoms with Crippen LogP contribution >= 0.6 is 0 Å². The highest BCUT2D eigenvalue weighted by molar-refractivity contribution is 5.09. The van der Waals surface area contributed by atoms with Crippen molar-refractivity contribution in [1.82, 2.24) is 15.0 Å². The molecule has 0 bridgehead atoms. The van der Waals surface area contributed by atoms with E-state index in [9.17, 15) is 0 Å². The molecule has 0 aliphatic heterocycles. The summed E-state index contributed by atoms with van der Waals surface area (Å²) in [6.07, 6.45) is 6.45. The third kappa shape index (κ3) is 2.20. The summed E-state index contributed by atoms with van der Waals surface area (Å²) in [5, 5.41) is 8.29. The van der Waals surface area contributed by atoms with Crippen LogP contribution in [-0.2, 0) is 19.5 Å². The average Bonchev–Trinajstić information content (AvgIpc) is 2.57. The van der Waals surface area contributed by atoms with Gasteiger partial charge in [0.1, 0.15) is 0 Å². The Labute approximate surface area is 90.8 Å². The Morgan fingerprint density at radius 3 is 2.80 bits per heavy atom. The molecule has 2 rings (SSSR count). The molecule has 0 atom stereocenters. The van der Waals surface area contributed by atoms with Gasteiger partial charge in [-0.2, -0.15) is 0 Å². The molecule has 1 aromatic heterocycles. The third-order valence-electron chi connectivity index (χ3n) is 3.42. The SMILES string of the molecule is CCc1c(CN)nnn1CCC1CCC1. The Hall–Kier alpha value is -0.900. The van der Waals surface area contributed by atoms with Gasteiger partial charge in [0.25, 0.3) is 0 Å². The van der Waals surface area contributed by atoms with Crippen molar-refractivity contribution in [2.24, 2.45) is 11.7 Å². The average molecular weight is 208 g/mol. The molecule has 2 N–H and O–H groups in total. The summed E-state index contributed by atoms with van der Waals surface area (Å²) in [6, 6.07) is 0. The fraction of sp³-hybridized carbons (Fsp3) is 0.818. The van der Waals surface area contributed by atoms with Crippen molar-refractivity contribution in [3.8, 4) is 0 Å². The second kappa shape index (κ2) is 4.75. The zero-order chi connectivity index (χ0) is 10.7. The first-order valence-corrected chi connectivity index (χ1v) is 5.96. The molecule has 0 amide bonds. The van der Waals surface area contributed by atoms with Gasteiger partial charge in [-0.05, 0) is 18.8 Å². The molecule has 0 aromatic carbocycles. The number of aromatic nitrogens is 3. The van der Waals surface area contributed by atoms with Crippen LogP contribution < -0.4 is 5.73 Å². The van der Waals surface area contributed by atoms with Gasteiger partial charge in [-0.1, -0.05) is 31.4 Å². The molecule has 1 fully saturated rings. The maximum absolute atomic E-state index is 5.62. The van der Waals surface area contributed by atoms with Gasteiger partial charge >= 0.3 is 0 Å². The van der Waals surface area contributed by atoms with E-state index in [4.69, 9.17) is 5.73 Å². The molecule has 1 saturated carbocycles. The van der Waals surface area contributed by atoms with Gasteiger partial charge in [-0.3, -0.25) is 0 Å². The zero-order valence-electron chi connectivity index (χ0n) is 9.45. The number of hydrogen-bond acceptors (Lipinski definition) is 3. The van der Waals surface area contributed by atoms with E-state index in [2.05, 4.69) is 17.2 Å². The lowest BCUT2D eigenvalue weighted by molar-refractivity contribution is 0.275. The minimum absolute atomic E-state index is 0.507. The predicted octanol–water partition coefficient (Wildman–Crippen LogP) is 1.49. The second-order valence-corrected chi connectivity index (χ2v) is 4.35. The third-order valence-corrected chi connectivity index (χ3v) is 3.42. The van der Waals surface area contributed by atoms with Gasteiger partial charge in [-0.15, -0.1) is 5.10 Å². The molecule has 1 aliphatic rings. The lowest BCUT2D eigenvalue weighted by Gasteiger charge is -2.25. The van der Waals surface area contributed by atoms with E-state index in [0.717, 1.165) is 24.6 Å². The van der Waals surface area contributed by atoms with Crippen molar-refractivity contribution in [3.63, 3.8) is 0 Å². The molecule has 84 valence electrons. The van der Waals surface area contributed by atoms with Gasteiger partial charge < -0.3 is 5.73 Å². The first kappa shape index (κ1) is 10.6. The van der Waals surface area contributed by atoms with Gasteiger partial charge in [-0.25, -0.2) is 4.68 Å². The van der Waals surface area contributed by atoms with Crippen LogP contribution in [0.3, 0.4) is 0 Å². The number of hydrogen-bond donors (Lipinski definition) is 1. The van der Waals surface area contributed by atoms with E-state index in [-0.39, 0.29) is 0 Å². The molecule has 4 heteroatoms. The summed E-state index contributed by atoms with van der Waals surface area (Å²) in [6.45, 7) is 3.66. The van der Waals surface area contributed by atoms with Gasteiger partial charge in [0.05, 0.1) is 11.4 Å². The van der Waals surface area contributed by atoms with Crippen molar-refractivity contribution in [1.29, 1.82) is 0 Å². The highest BCUT2D eigenvalue weighted by atomic mass is 15.4. The quantitative estimate of drug-likeness (QED) is 0.797. The summed E-state index contributed by atoms with van der Waals surface area (Å²) >= 11 is 0. The van der Waals surface area contributed by atoms with Gasteiger partial charge in [0.15, 0.2) is 0 Å². The van der Waals surface area contributed by atoms with Crippen molar-refractivity contribution in [2.75, 3.05) is 0 Å². The molecule has 1 heterocycles. The lowest BCUT2D eigenvalue weighted by atomic mass is 9.83. The summed E-state index contributed by atoms with van der Waals surface area (Å²) in [4.78, 5) is 0. The molecule has 1 aromatic rings. The van der Waals surface area contributed by atoms with Gasteiger partial charge in [0.2, 0.25) is 0 Å². The summed E-state index contributed by atoms with van der Waals surface area (Å²) < 4.78 is 2.04. The van der Waals surface area contributed by atoms with E-state index >= 15 is 0 Å². The maximum atomic E-state index is 5.62. The lowest BCUT2D eigenvalue weighted by Crippen LogP contribution is -2.15. The van der Waals surface area contributed by atoms with Crippen LogP contribution in [0.5, 0.6) is 0 Å². The molecular formula is C11H20N4. The molecule has 0 saturated heterocycles. The molecule has 0 spiro atoms. The van der Waals surface area contributed by atoms with Crippen LogP contribution in [0, 0.1) is 5.92 Å². The predicted molar refractivity (Wildman–Crippen MR) is 59.2 cm³/mol. The minimum Gasteiger partial charge on any atom is -0.325 e. The van der Waals surface area contributed by atoms with E-state index in [0.29, 0.717) is 6.54 Å². The Morgan fingerprint density at radius 1 is 1.47 bits per heavy atom. The smallest absolute Gasteiger partial charge is 0.0994 e. The number of nitrogens with zero attached hydrogens (tertiary/aromatic N) is 3. The highest BCUT2D eigenvalue weighted by Crippen LogP contribution is 2.29. The summed E-state index contributed by atoms with van der Waals surface area (Å²) in [5.74, 6) is 0.931. The van der Waals surface area contributed by atoms with Crippen molar-refractivity contribution >= 4 is 0 Å². The van der Waals surface area contributed by atoms with Crippen molar-refractivity contribution in [2.45, 2.75) is 52.1 Å². The normalized spacial score (nSPS) is 16.7. The standard InChI is InChI=1S/C11H20N4/c1-2-11-10(8-12)13-14-15(11)7-6-9-4-3-5-9/h9H,2-8,12H2,1H3. The van der Waals surface area contributed by atoms with Gasteiger partial charge in [0, 0.05) is 13.1 Å². The largest absolute Gasteiger partial charge is 0.325 e. The van der Waals surface area contributed by atoms with Crippen LogP contribution in [0.2, 0.25) is 0 Å². The van der Waals surface area contributed by atoms with E-state index in [1.165, 1.54) is 31.4 Å². The topological polar surface area (TPSA) is 56.7 Å². The monoisotopic (exact) mass is 208 g/mol. The molecular weight excluding hydrogens is 188 g/mol. The number of rotatable bonds is 5. The first-order chi connectivity index (χ1) is 7.35. The second-order valence-electron chi connectivity index (χ2n) is 4.35. The van der Waals surface area contributed by atoms with Crippen molar-refractivity contribution in [3.05, 3.63) is 11.4 Å². The highest BCUT2D eigenvalue weighted by Gasteiger charge is 2.18. The Morgan fingerprint density at radius 2 is 2.27 bits per heavy atom. The Kier molecular flexibility index (Phi) is 3.36. The van der Waals surface area contributed by atoms with Crippen molar-refractivity contribution < 1.29 is 0 Å².